The van der Waals surface area contributed by atoms with E-state index in [1.807, 2.05) is 14.1 Å². The van der Waals surface area contributed by atoms with Crippen molar-refractivity contribution in [2.45, 2.75) is 12.5 Å². The van der Waals surface area contributed by atoms with Crippen molar-refractivity contribution in [3.05, 3.63) is 58.1 Å². The first-order valence-corrected chi connectivity index (χ1v) is 9.40. The molecule has 0 fully saturated rings. The minimum Gasteiger partial charge on any atom is -0.496 e. The molecule has 1 aliphatic rings. The second-order valence-electron chi connectivity index (χ2n) is 7.09. The van der Waals surface area contributed by atoms with Crippen molar-refractivity contribution in [2.24, 2.45) is 0 Å². The van der Waals surface area contributed by atoms with Crippen molar-refractivity contribution in [3.63, 3.8) is 0 Å². The smallest absolute Gasteiger partial charge is 0.255 e. The third-order valence-corrected chi connectivity index (χ3v) is 5.34. The first-order chi connectivity index (χ1) is 12.9. The summed E-state index contributed by atoms with van der Waals surface area (Å²) in [5.41, 5.74) is 4.30. The van der Waals surface area contributed by atoms with Gasteiger partial charge in [-0.2, -0.15) is 0 Å². The number of nitrogens with one attached hydrogen (secondary N) is 1. The molecule has 6 heteroatoms. The number of benzene rings is 2. The molecule has 0 saturated heterocycles. The summed E-state index contributed by atoms with van der Waals surface area (Å²) in [4.78, 5) is 17.1. The summed E-state index contributed by atoms with van der Waals surface area (Å²) in [6.07, 6.45) is 1.06. The molecule has 5 nitrogen and oxygen atoms in total. The number of rotatable bonds is 6. The van der Waals surface area contributed by atoms with Gasteiger partial charge in [-0.1, -0.05) is 23.7 Å². The third-order valence-electron chi connectivity index (χ3n) is 5.10. The largest absolute Gasteiger partial charge is 0.496 e. The fraction of sp³-hybridized carbons (Fsp3) is 0.381. The first-order valence-electron chi connectivity index (χ1n) is 9.03. The van der Waals surface area contributed by atoms with Crippen LogP contribution in [0.15, 0.2) is 36.4 Å². The molecule has 1 atom stereocenters. The predicted molar refractivity (Wildman–Crippen MR) is 110 cm³/mol. The SMILES string of the molecule is COc1ccc(Cl)cc1C(=O)NCC(c1ccc2c(c1)CCN2C)N(C)C. The van der Waals surface area contributed by atoms with Crippen LogP contribution in [0.1, 0.15) is 27.5 Å². The van der Waals surface area contributed by atoms with Crippen LogP contribution in [0, 0.1) is 0 Å². The summed E-state index contributed by atoms with van der Waals surface area (Å²) in [6, 6.07) is 11.7. The molecular weight excluding hydrogens is 362 g/mol. The Hall–Kier alpha value is -2.24. The number of halogens is 1. The summed E-state index contributed by atoms with van der Waals surface area (Å²) < 4.78 is 5.29. The zero-order valence-electron chi connectivity index (χ0n) is 16.3. The summed E-state index contributed by atoms with van der Waals surface area (Å²) in [5.74, 6) is 0.320. The van der Waals surface area contributed by atoms with Gasteiger partial charge >= 0.3 is 0 Å². The Morgan fingerprint density at radius 1 is 1.30 bits per heavy atom. The number of ether oxygens (including phenoxy) is 1. The predicted octanol–water partition coefficient (Wildman–Crippen LogP) is 3.37. The zero-order valence-corrected chi connectivity index (χ0v) is 17.0. The highest BCUT2D eigenvalue weighted by molar-refractivity contribution is 6.31. The normalized spacial score (nSPS) is 14.2. The number of fused-ring (bicyclic) bond motifs is 1. The van der Waals surface area contributed by atoms with E-state index in [9.17, 15) is 4.79 Å². The van der Waals surface area contributed by atoms with Crippen LogP contribution in [0.3, 0.4) is 0 Å². The van der Waals surface area contributed by atoms with Crippen LogP contribution < -0.4 is 15.0 Å². The molecule has 1 heterocycles. The van der Waals surface area contributed by atoms with E-state index in [1.165, 1.54) is 16.8 Å². The lowest BCUT2D eigenvalue weighted by atomic mass is 10.0. The summed E-state index contributed by atoms with van der Waals surface area (Å²) in [7, 11) is 7.71. The van der Waals surface area contributed by atoms with Gasteiger partial charge in [0.25, 0.3) is 5.91 Å². The molecule has 3 rings (SSSR count). The molecule has 2 aromatic rings. The maximum Gasteiger partial charge on any atom is 0.255 e. The number of anilines is 1. The van der Waals surface area contributed by atoms with Crippen molar-refractivity contribution >= 4 is 23.2 Å². The van der Waals surface area contributed by atoms with Crippen LogP contribution in [-0.2, 0) is 6.42 Å². The standard InChI is InChI=1S/C21H26ClN3O2/c1-24(2)19(14-5-7-18-15(11-14)9-10-25(18)3)13-23-21(26)17-12-16(22)6-8-20(17)27-4/h5-8,11-12,19H,9-10,13H2,1-4H3,(H,23,26). The topological polar surface area (TPSA) is 44.8 Å². The molecule has 1 N–H and O–H groups in total. The van der Waals surface area contributed by atoms with E-state index in [0.717, 1.165) is 13.0 Å². The van der Waals surface area contributed by atoms with Gasteiger partial charge in [-0.15, -0.1) is 0 Å². The molecule has 144 valence electrons. The monoisotopic (exact) mass is 387 g/mol. The fourth-order valence-corrected chi connectivity index (χ4v) is 3.71. The Morgan fingerprint density at radius 2 is 2.07 bits per heavy atom. The van der Waals surface area contributed by atoms with Gasteiger partial charge in [0, 0.05) is 30.8 Å². The van der Waals surface area contributed by atoms with Gasteiger partial charge in [0.05, 0.1) is 18.7 Å². The highest BCUT2D eigenvalue weighted by Crippen LogP contribution is 2.30. The second kappa shape index (κ2) is 8.19. The number of carbonyl (C=O) groups excluding carboxylic acids is 1. The van der Waals surface area contributed by atoms with Gasteiger partial charge in [0.2, 0.25) is 0 Å². The number of likely N-dealkylation sites (N-methyl/N-ethyl adjacent to an activating group) is 2. The molecule has 0 bridgehead atoms. The Balaban J connectivity index is 1.76. The van der Waals surface area contributed by atoms with E-state index in [4.69, 9.17) is 16.3 Å². The van der Waals surface area contributed by atoms with Gasteiger partial charge in [-0.3, -0.25) is 4.79 Å². The van der Waals surface area contributed by atoms with E-state index >= 15 is 0 Å². The number of hydrogen-bond donors (Lipinski definition) is 1. The maximum atomic E-state index is 12.7. The molecule has 1 aliphatic heterocycles. The average molecular weight is 388 g/mol. The van der Waals surface area contributed by atoms with E-state index in [2.05, 4.69) is 40.4 Å². The number of carbonyl (C=O) groups is 1. The lowest BCUT2D eigenvalue weighted by Crippen LogP contribution is -2.34. The van der Waals surface area contributed by atoms with Crippen molar-refractivity contribution < 1.29 is 9.53 Å². The highest BCUT2D eigenvalue weighted by Gasteiger charge is 2.21. The van der Waals surface area contributed by atoms with Crippen molar-refractivity contribution in [1.82, 2.24) is 10.2 Å². The number of methoxy groups -OCH3 is 1. The molecule has 1 amide bonds. The molecule has 0 saturated carbocycles. The minimum absolute atomic E-state index is 0.0790. The quantitative estimate of drug-likeness (QED) is 0.825. The summed E-state index contributed by atoms with van der Waals surface area (Å²) in [6.45, 7) is 1.55. The number of amides is 1. The molecular formula is C21H26ClN3O2. The first kappa shape index (κ1) is 19.5. The van der Waals surface area contributed by atoms with Crippen LogP contribution in [-0.4, -0.2) is 52.1 Å². The van der Waals surface area contributed by atoms with Crippen LogP contribution in [0.4, 0.5) is 5.69 Å². The zero-order chi connectivity index (χ0) is 19.6. The number of hydrogen-bond acceptors (Lipinski definition) is 4. The van der Waals surface area contributed by atoms with Gasteiger partial charge in [-0.25, -0.2) is 0 Å². The molecule has 27 heavy (non-hydrogen) atoms. The van der Waals surface area contributed by atoms with Gasteiger partial charge < -0.3 is 19.9 Å². The lowest BCUT2D eigenvalue weighted by Gasteiger charge is -2.26. The Bertz CT molecular complexity index is 838. The molecule has 2 aromatic carbocycles. The van der Waals surface area contributed by atoms with E-state index in [-0.39, 0.29) is 11.9 Å². The lowest BCUT2D eigenvalue weighted by molar-refractivity contribution is 0.0939. The maximum absolute atomic E-state index is 12.7. The summed E-state index contributed by atoms with van der Waals surface area (Å²) in [5, 5.41) is 3.53. The van der Waals surface area contributed by atoms with Gasteiger partial charge in [0.1, 0.15) is 5.75 Å². The van der Waals surface area contributed by atoms with Crippen molar-refractivity contribution in [1.29, 1.82) is 0 Å². The summed E-state index contributed by atoms with van der Waals surface area (Å²) >= 11 is 6.05. The van der Waals surface area contributed by atoms with Crippen molar-refractivity contribution in [3.8, 4) is 5.75 Å². The molecule has 0 aliphatic carbocycles. The van der Waals surface area contributed by atoms with Gasteiger partial charge in [0.15, 0.2) is 0 Å². The van der Waals surface area contributed by atoms with Crippen LogP contribution in [0.5, 0.6) is 5.75 Å². The number of nitrogens with zero attached hydrogens (tertiary/aromatic N) is 2. The van der Waals surface area contributed by atoms with Crippen LogP contribution >= 0.6 is 11.6 Å². The molecule has 1 unspecified atom stereocenters. The Labute approximate surface area is 165 Å². The van der Waals surface area contributed by atoms with E-state index in [0.29, 0.717) is 22.9 Å². The van der Waals surface area contributed by atoms with Crippen LogP contribution in [0.25, 0.3) is 0 Å². The molecule has 0 aromatic heterocycles. The Morgan fingerprint density at radius 3 is 2.78 bits per heavy atom. The molecule has 0 radical (unpaired) electrons. The minimum atomic E-state index is -0.193. The highest BCUT2D eigenvalue weighted by atomic mass is 35.5. The fourth-order valence-electron chi connectivity index (χ4n) is 3.53. The average Bonchev–Trinajstić information content (AvgIpc) is 3.02. The van der Waals surface area contributed by atoms with E-state index in [1.54, 1.807) is 25.3 Å². The Kier molecular flexibility index (Phi) is 5.92. The van der Waals surface area contributed by atoms with Crippen molar-refractivity contribution in [2.75, 3.05) is 46.2 Å². The molecule has 0 spiro atoms. The van der Waals surface area contributed by atoms with E-state index < -0.39 is 0 Å². The second-order valence-corrected chi connectivity index (χ2v) is 7.53. The third kappa shape index (κ3) is 4.20. The van der Waals surface area contributed by atoms with Crippen LogP contribution in [0.2, 0.25) is 5.02 Å². The van der Waals surface area contributed by atoms with Gasteiger partial charge in [-0.05, 0) is 55.9 Å².